The molecule has 0 fully saturated rings. The largest absolute Gasteiger partial charge is 0.465 e. The quantitative estimate of drug-likeness (QED) is 0.416. The Morgan fingerprint density at radius 2 is 1.67 bits per heavy atom. The maximum Gasteiger partial charge on any atom is 0.305 e. The van der Waals surface area contributed by atoms with Crippen LogP contribution in [0.3, 0.4) is 0 Å². The molecule has 1 unspecified atom stereocenters. The number of hydrogen-bond acceptors (Lipinski definition) is 3. The lowest BCUT2D eigenvalue weighted by Crippen LogP contribution is -2.18. The minimum absolute atomic E-state index is 0.0668. The minimum atomic E-state index is -0.0668. The number of unbranched alkanes of at least 4 members (excludes halogenated alkanes) is 4. The van der Waals surface area contributed by atoms with Crippen molar-refractivity contribution < 1.29 is 14.3 Å². The Morgan fingerprint density at radius 1 is 1.00 bits per heavy atom. The first-order valence-electron chi connectivity index (χ1n) is 7.33. The van der Waals surface area contributed by atoms with E-state index in [9.17, 15) is 4.79 Å². The van der Waals surface area contributed by atoms with Crippen LogP contribution in [0.15, 0.2) is 0 Å². The van der Waals surface area contributed by atoms with Crippen LogP contribution in [0.25, 0.3) is 0 Å². The summed E-state index contributed by atoms with van der Waals surface area (Å²) in [6.45, 7) is 9.37. The van der Waals surface area contributed by atoms with Crippen molar-refractivity contribution in [3.8, 4) is 0 Å². The van der Waals surface area contributed by atoms with E-state index >= 15 is 0 Å². The highest BCUT2D eigenvalue weighted by atomic mass is 16.5. The second kappa shape index (κ2) is 11.5. The molecule has 18 heavy (non-hydrogen) atoms. The molecule has 0 spiro atoms. The van der Waals surface area contributed by atoms with Crippen LogP contribution in [0.2, 0.25) is 0 Å². The van der Waals surface area contributed by atoms with E-state index in [1.54, 1.807) is 0 Å². The Labute approximate surface area is 112 Å². The maximum atomic E-state index is 11.5. The molecule has 0 amide bonds. The molecule has 0 aromatic rings. The molecule has 3 heteroatoms. The van der Waals surface area contributed by atoms with E-state index in [2.05, 4.69) is 6.92 Å². The van der Waals surface area contributed by atoms with Gasteiger partial charge in [-0.15, -0.1) is 0 Å². The van der Waals surface area contributed by atoms with Gasteiger partial charge in [-0.3, -0.25) is 4.79 Å². The van der Waals surface area contributed by atoms with Crippen LogP contribution in [0.1, 0.15) is 66.2 Å². The van der Waals surface area contributed by atoms with Gasteiger partial charge in [-0.05, 0) is 20.3 Å². The zero-order chi connectivity index (χ0) is 13.8. The maximum absolute atomic E-state index is 11.5. The highest BCUT2D eigenvalue weighted by Gasteiger charge is 2.08. The summed E-state index contributed by atoms with van der Waals surface area (Å²) in [5, 5.41) is 0. The molecular weight excluding hydrogens is 228 g/mol. The molecule has 108 valence electrons. The van der Waals surface area contributed by atoms with Gasteiger partial charge in [0.2, 0.25) is 0 Å². The molecule has 0 saturated carbocycles. The monoisotopic (exact) mass is 258 g/mol. The molecule has 1 atom stereocenters. The Hall–Kier alpha value is -0.570. The summed E-state index contributed by atoms with van der Waals surface area (Å²) in [6, 6.07) is 0. The van der Waals surface area contributed by atoms with Crippen molar-refractivity contribution in [3.63, 3.8) is 0 Å². The lowest BCUT2D eigenvalue weighted by Gasteiger charge is -2.14. The van der Waals surface area contributed by atoms with Crippen molar-refractivity contribution in [2.45, 2.75) is 72.3 Å². The Balaban J connectivity index is 3.40. The molecule has 0 rings (SSSR count). The zero-order valence-electron chi connectivity index (χ0n) is 12.5. The fourth-order valence-corrected chi connectivity index (χ4v) is 1.59. The van der Waals surface area contributed by atoms with Crippen molar-refractivity contribution in [1.82, 2.24) is 0 Å². The topological polar surface area (TPSA) is 35.5 Å². The van der Waals surface area contributed by atoms with Crippen LogP contribution < -0.4 is 0 Å². The number of rotatable bonds is 11. The second-order valence-electron chi connectivity index (χ2n) is 5.33. The average molecular weight is 258 g/mol. The summed E-state index contributed by atoms with van der Waals surface area (Å²) in [5.41, 5.74) is 0. The van der Waals surface area contributed by atoms with Gasteiger partial charge in [-0.1, -0.05) is 39.5 Å². The van der Waals surface area contributed by atoms with E-state index in [0.717, 1.165) is 12.8 Å². The Bertz CT molecular complexity index is 202. The molecule has 3 nitrogen and oxygen atoms in total. The number of carbonyl (C=O) groups excluding carboxylic acids is 1. The van der Waals surface area contributed by atoms with Crippen molar-refractivity contribution in [2.75, 3.05) is 13.2 Å². The molecule has 0 aromatic carbocycles. The Morgan fingerprint density at radius 3 is 2.28 bits per heavy atom. The van der Waals surface area contributed by atoms with Gasteiger partial charge in [-0.25, -0.2) is 0 Å². The number of carbonyl (C=O) groups is 1. The summed E-state index contributed by atoms with van der Waals surface area (Å²) < 4.78 is 10.7. The van der Waals surface area contributed by atoms with E-state index in [4.69, 9.17) is 9.47 Å². The first kappa shape index (κ1) is 17.4. The minimum Gasteiger partial charge on any atom is -0.465 e. The number of hydrogen-bond donors (Lipinski definition) is 0. The normalized spacial score (nSPS) is 12.7. The van der Waals surface area contributed by atoms with Crippen LogP contribution >= 0.6 is 0 Å². The van der Waals surface area contributed by atoms with Gasteiger partial charge < -0.3 is 9.47 Å². The summed E-state index contributed by atoms with van der Waals surface area (Å²) >= 11 is 0. The third-order valence-corrected chi connectivity index (χ3v) is 2.73. The van der Waals surface area contributed by atoms with Gasteiger partial charge in [0.05, 0.1) is 19.3 Å². The van der Waals surface area contributed by atoms with E-state index in [-0.39, 0.29) is 18.0 Å². The molecule has 0 radical (unpaired) electrons. The van der Waals surface area contributed by atoms with Crippen LogP contribution in [0.4, 0.5) is 0 Å². The first-order valence-corrected chi connectivity index (χ1v) is 7.33. The fraction of sp³-hybridized carbons (Fsp3) is 0.933. The van der Waals surface area contributed by atoms with Gasteiger partial charge >= 0.3 is 5.97 Å². The summed E-state index contributed by atoms with van der Waals surface area (Å²) in [7, 11) is 0. The zero-order valence-corrected chi connectivity index (χ0v) is 12.5. The predicted molar refractivity (Wildman–Crippen MR) is 74.6 cm³/mol. The predicted octanol–water partition coefficient (Wildman–Crippen LogP) is 3.95. The van der Waals surface area contributed by atoms with Crippen molar-refractivity contribution in [3.05, 3.63) is 0 Å². The van der Waals surface area contributed by atoms with E-state index in [0.29, 0.717) is 19.6 Å². The van der Waals surface area contributed by atoms with Crippen LogP contribution in [0.5, 0.6) is 0 Å². The van der Waals surface area contributed by atoms with Crippen molar-refractivity contribution in [2.24, 2.45) is 5.92 Å². The van der Waals surface area contributed by atoms with Crippen LogP contribution in [-0.4, -0.2) is 25.3 Å². The number of ether oxygens (including phenoxy) is 2. The molecule has 0 aliphatic carbocycles. The average Bonchev–Trinajstić information content (AvgIpc) is 2.33. The van der Waals surface area contributed by atoms with Gasteiger partial charge in [-0.2, -0.15) is 0 Å². The van der Waals surface area contributed by atoms with Gasteiger partial charge in [0, 0.05) is 12.3 Å². The molecule has 0 heterocycles. The lowest BCUT2D eigenvalue weighted by atomic mass is 10.1. The molecule has 0 N–H and O–H groups in total. The van der Waals surface area contributed by atoms with Gasteiger partial charge in [0.1, 0.15) is 0 Å². The Kier molecular flexibility index (Phi) is 11.2. The lowest BCUT2D eigenvalue weighted by molar-refractivity contribution is -0.145. The second-order valence-corrected chi connectivity index (χ2v) is 5.33. The van der Waals surface area contributed by atoms with Gasteiger partial charge in [0.25, 0.3) is 0 Å². The smallest absolute Gasteiger partial charge is 0.305 e. The van der Waals surface area contributed by atoms with E-state index in [1.165, 1.54) is 19.3 Å². The highest BCUT2D eigenvalue weighted by molar-refractivity contribution is 5.69. The summed E-state index contributed by atoms with van der Waals surface area (Å²) in [4.78, 5) is 11.5. The molecular formula is C15H30O3. The summed E-state index contributed by atoms with van der Waals surface area (Å²) in [5.74, 6) is 0.208. The fourth-order valence-electron chi connectivity index (χ4n) is 1.59. The third kappa shape index (κ3) is 11.9. The van der Waals surface area contributed by atoms with E-state index < -0.39 is 0 Å². The van der Waals surface area contributed by atoms with Gasteiger partial charge in [0.15, 0.2) is 0 Å². The van der Waals surface area contributed by atoms with Crippen molar-refractivity contribution in [1.29, 1.82) is 0 Å². The molecule has 0 aromatic heterocycles. The first-order chi connectivity index (χ1) is 8.56. The van der Waals surface area contributed by atoms with Crippen LogP contribution in [-0.2, 0) is 14.3 Å². The molecule has 0 aliphatic rings. The molecule has 0 aliphatic heterocycles. The van der Waals surface area contributed by atoms with E-state index in [1.807, 2.05) is 20.8 Å². The van der Waals surface area contributed by atoms with Crippen LogP contribution in [0, 0.1) is 5.92 Å². The SMILES string of the molecule is CCCCCCCC(=O)OCC(C)COC(C)C. The highest BCUT2D eigenvalue weighted by Crippen LogP contribution is 2.07. The summed E-state index contributed by atoms with van der Waals surface area (Å²) in [6.07, 6.45) is 6.60. The molecule has 0 bridgehead atoms. The third-order valence-electron chi connectivity index (χ3n) is 2.73. The standard InChI is InChI=1S/C15H30O3/c1-5-6-7-8-9-10-15(16)18-12-14(4)11-17-13(2)3/h13-14H,5-12H2,1-4H3. The van der Waals surface area contributed by atoms with Crippen molar-refractivity contribution >= 4 is 5.97 Å². The number of esters is 1. The molecule has 0 saturated heterocycles.